The molecule has 2 N–H and O–H groups in total. The van der Waals surface area contributed by atoms with Crippen LogP contribution in [0.2, 0.25) is 0 Å². The zero-order valence-corrected chi connectivity index (χ0v) is 20.3. The van der Waals surface area contributed by atoms with Gasteiger partial charge in [0.15, 0.2) is 5.76 Å². The third-order valence-corrected chi connectivity index (χ3v) is 5.96. The summed E-state index contributed by atoms with van der Waals surface area (Å²) in [6.07, 6.45) is 17.8. The molecular weight excluding hydrogens is 408 g/mol. The molecule has 0 saturated carbocycles. The fourth-order valence-electron chi connectivity index (χ4n) is 4.15. The predicted molar refractivity (Wildman–Crippen MR) is 136 cm³/mol. The molecule has 1 aliphatic heterocycles. The lowest BCUT2D eigenvalue weighted by Gasteiger charge is -2.07. The van der Waals surface area contributed by atoms with Crippen molar-refractivity contribution in [2.45, 2.75) is 84.5 Å². The van der Waals surface area contributed by atoms with E-state index in [-0.39, 0.29) is 0 Å². The molecule has 0 saturated heterocycles. The van der Waals surface area contributed by atoms with Crippen molar-refractivity contribution in [3.8, 4) is 6.07 Å². The van der Waals surface area contributed by atoms with Crippen LogP contribution in [0.5, 0.6) is 0 Å². The molecule has 176 valence electrons. The quantitative estimate of drug-likeness (QED) is 0.278. The number of aliphatic imine (C=N–C) groups is 1. The van der Waals surface area contributed by atoms with E-state index in [9.17, 15) is 5.26 Å². The van der Waals surface area contributed by atoms with Gasteiger partial charge in [0.05, 0.1) is 12.3 Å². The number of aryl methyl sites for hydroxylation is 1. The third kappa shape index (κ3) is 7.25. The molecule has 5 nitrogen and oxygen atoms in total. The Labute approximate surface area is 198 Å². The lowest BCUT2D eigenvalue weighted by Crippen LogP contribution is -2.03. The van der Waals surface area contributed by atoms with Crippen molar-refractivity contribution in [2.24, 2.45) is 4.99 Å². The van der Waals surface area contributed by atoms with Crippen LogP contribution in [0.1, 0.15) is 95.1 Å². The van der Waals surface area contributed by atoms with Crippen LogP contribution in [-0.2, 0) is 11.2 Å². The van der Waals surface area contributed by atoms with Crippen LogP contribution < -0.4 is 0 Å². The van der Waals surface area contributed by atoms with Gasteiger partial charge < -0.3 is 14.7 Å². The van der Waals surface area contributed by atoms with E-state index in [0.29, 0.717) is 29.3 Å². The summed E-state index contributed by atoms with van der Waals surface area (Å²) in [5, 5.41) is 9.79. The van der Waals surface area contributed by atoms with E-state index >= 15 is 0 Å². The van der Waals surface area contributed by atoms with Gasteiger partial charge in [-0.3, -0.25) is 0 Å². The molecule has 0 bridgehead atoms. The van der Waals surface area contributed by atoms with Gasteiger partial charge in [0.1, 0.15) is 23.1 Å². The molecule has 0 fully saturated rings. The fourth-order valence-corrected chi connectivity index (χ4v) is 4.15. The van der Waals surface area contributed by atoms with Gasteiger partial charge in [0, 0.05) is 17.6 Å². The normalized spacial score (nSPS) is 14.7. The summed E-state index contributed by atoms with van der Waals surface area (Å²) in [5.74, 6) is 0.569. The summed E-state index contributed by atoms with van der Waals surface area (Å²) in [5.41, 5.74) is 4.88. The van der Waals surface area contributed by atoms with Crippen LogP contribution in [0.4, 0.5) is 0 Å². The van der Waals surface area contributed by atoms with Crippen LogP contribution in [-0.4, -0.2) is 22.3 Å². The summed E-state index contributed by atoms with van der Waals surface area (Å²) in [6.45, 7) is 4.88. The highest BCUT2D eigenvalue weighted by Crippen LogP contribution is 2.30. The topological polar surface area (TPSA) is 77.0 Å². The zero-order valence-electron chi connectivity index (χ0n) is 20.3. The second-order valence-electron chi connectivity index (χ2n) is 8.76. The number of aromatic nitrogens is 2. The Balaban J connectivity index is 1.58. The van der Waals surface area contributed by atoms with Crippen molar-refractivity contribution in [1.29, 1.82) is 5.26 Å². The highest BCUT2D eigenvalue weighted by molar-refractivity contribution is 6.17. The molecule has 2 aromatic rings. The molecule has 0 amide bonds. The number of H-pyrrole nitrogens is 2. The predicted octanol–water partition coefficient (Wildman–Crippen LogP) is 7.46. The van der Waals surface area contributed by atoms with Gasteiger partial charge in [-0.2, -0.15) is 5.26 Å². The molecule has 0 unspecified atom stereocenters. The van der Waals surface area contributed by atoms with E-state index in [4.69, 9.17) is 9.73 Å². The minimum atomic E-state index is 0.485. The maximum Gasteiger partial charge on any atom is 0.165 e. The van der Waals surface area contributed by atoms with Crippen molar-refractivity contribution < 1.29 is 4.74 Å². The van der Waals surface area contributed by atoms with Crippen LogP contribution >= 0.6 is 0 Å². The first-order valence-electron chi connectivity index (χ1n) is 12.7. The molecule has 3 heterocycles. The van der Waals surface area contributed by atoms with Gasteiger partial charge in [0.25, 0.3) is 0 Å². The smallest absolute Gasteiger partial charge is 0.165 e. The van der Waals surface area contributed by atoms with E-state index in [0.717, 1.165) is 24.2 Å². The number of rotatable bonds is 15. The summed E-state index contributed by atoms with van der Waals surface area (Å²) in [4.78, 5) is 11.4. The number of allylic oxidation sites excluding steroid dienone is 1. The molecule has 2 aromatic heterocycles. The molecular formula is C28H38N4O. The zero-order chi connectivity index (χ0) is 23.3. The highest BCUT2D eigenvalue weighted by atomic mass is 16.5. The van der Waals surface area contributed by atoms with Gasteiger partial charge in [-0.15, -0.1) is 0 Å². The first-order valence-corrected chi connectivity index (χ1v) is 12.7. The highest BCUT2D eigenvalue weighted by Gasteiger charge is 2.27. The monoisotopic (exact) mass is 446 g/mol. The van der Waals surface area contributed by atoms with Crippen LogP contribution in [0.25, 0.3) is 6.08 Å². The van der Waals surface area contributed by atoms with E-state index in [1.165, 1.54) is 63.5 Å². The molecule has 0 radical (unpaired) electrons. The number of unbranched alkanes of at least 4 members (excludes halogenated alkanes) is 8. The minimum Gasteiger partial charge on any atom is -0.490 e. The van der Waals surface area contributed by atoms with E-state index in [1.807, 2.05) is 24.4 Å². The summed E-state index contributed by atoms with van der Waals surface area (Å²) < 4.78 is 5.96. The van der Waals surface area contributed by atoms with Crippen molar-refractivity contribution in [3.63, 3.8) is 0 Å². The second-order valence-corrected chi connectivity index (χ2v) is 8.76. The molecule has 5 heteroatoms. The fraction of sp³-hybridized carbons (Fsp3) is 0.500. The summed E-state index contributed by atoms with van der Waals surface area (Å²) in [7, 11) is 0. The first kappa shape index (κ1) is 24.6. The van der Waals surface area contributed by atoms with Crippen LogP contribution in [0.15, 0.2) is 52.5 Å². The SMILES string of the molecule is CCCCCCCCCCCc1ccc(C=C2N=C(c3ccc[nH]3)C(C#N)=C2OCCC)[nH]1. The Kier molecular flexibility index (Phi) is 10.1. The molecule has 33 heavy (non-hydrogen) atoms. The van der Waals surface area contributed by atoms with Crippen molar-refractivity contribution in [3.05, 3.63) is 64.6 Å². The van der Waals surface area contributed by atoms with Crippen molar-refractivity contribution in [1.82, 2.24) is 9.97 Å². The van der Waals surface area contributed by atoms with Gasteiger partial charge in [-0.25, -0.2) is 4.99 Å². The van der Waals surface area contributed by atoms with E-state index in [2.05, 4.69) is 42.0 Å². The molecule has 0 atom stereocenters. The van der Waals surface area contributed by atoms with Gasteiger partial charge >= 0.3 is 0 Å². The minimum absolute atomic E-state index is 0.485. The van der Waals surface area contributed by atoms with Gasteiger partial charge in [-0.05, 0) is 49.6 Å². The summed E-state index contributed by atoms with van der Waals surface area (Å²) >= 11 is 0. The van der Waals surface area contributed by atoms with Crippen LogP contribution in [0, 0.1) is 11.3 Å². The molecule has 0 spiro atoms. The number of nitrogens with zero attached hydrogens (tertiary/aromatic N) is 2. The third-order valence-electron chi connectivity index (χ3n) is 5.96. The number of nitriles is 1. The summed E-state index contributed by atoms with van der Waals surface area (Å²) in [6, 6.07) is 10.4. The maximum atomic E-state index is 9.79. The lowest BCUT2D eigenvalue weighted by atomic mass is 10.1. The van der Waals surface area contributed by atoms with Gasteiger partial charge in [0.2, 0.25) is 0 Å². The molecule has 0 aromatic carbocycles. The van der Waals surface area contributed by atoms with Gasteiger partial charge in [-0.1, -0.05) is 65.2 Å². The molecule has 0 aliphatic carbocycles. The Bertz CT molecular complexity index is 986. The first-order chi connectivity index (χ1) is 16.3. The number of aromatic amines is 2. The Hall–Kier alpha value is -3.00. The van der Waals surface area contributed by atoms with E-state index in [1.54, 1.807) is 0 Å². The average Bonchev–Trinajstić information content (AvgIpc) is 3.57. The van der Waals surface area contributed by atoms with Crippen LogP contribution in [0.3, 0.4) is 0 Å². The molecule has 1 aliphatic rings. The number of hydrogen-bond donors (Lipinski definition) is 2. The number of hydrogen-bond acceptors (Lipinski definition) is 3. The second kappa shape index (κ2) is 13.5. The van der Waals surface area contributed by atoms with Crippen molar-refractivity contribution >= 4 is 11.8 Å². The largest absolute Gasteiger partial charge is 0.490 e. The van der Waals surface area contributed by atoms with E-state index < -0.39 is 0 Å². The standard InChI is InChI=1S/C28H38N4O/c1-3-5-6-7-8-9-10-11-12-14-22-16-17-23(31-22)20-26-28(33-19-4-2)24(21-29)27(32-26)25-15-13-18-30-25/h13,15-18,20,30-31H,3-12,14,19H2,1-2H3. The Morgan fingerprint density at radius 3 is 2.39 bits per heavy atom. The Morgan fingerprint density at radius 1 is 0.970 bits per heavy atom. The Morgan fingerprint density at radius 2 is 1.73 bits per heavy atom. The number of nitrogens with one attached hydrogen (secondary N) is 2. The van der Waals surface area contributed by atoms with Crippen molar-refractivity contribution in [2.75, 3.05) is 6.61 Å². The molecule has 3 rings (SSSR count). The average molecular weight is 447 g/mol. The maximum absolute atomic E-state index is 9.79. The lowest BCUT2D eigenvalue weighted by molar-refractivity contribution is 0.220. The number of ether oxygens (including phenoxy) is 1.